The van der Waals surface area contributed by atoms with E-state index in [9.17, 15) is 9.59 Å². The number of pyridine rings is 1. The van der Waals surface area contributed by atoms with Crippen LogP contribution in [0, 0.1) is 12.8 Å². The van der Waals surface area contributed by atoms with Crippen LogP contribution in [0.5, 0.6) is 0 Å². The molecule has 142 valence electrons. The Hall–Kier alpha value is -2.69. The lowest BCUT2D eigenvalue weighted by atomic mass is 9.98. The van der Waals surface area contributed by atoms with Gasteiger partial charge in [0, 0.05) is 30.5 Å². The zero-order valence-electron chi connectivity index (χ0n) is 16.3. The fourth-order valence-corrected chi connectivity index (χ4v) is 3.46. The van der Waals surface area contributed by atoms with E-state index < -0.39 is 0 Å². The van der Waals surface area contributed by atoms with Gasteiger partial charge in [-0.2, -0.15) is 0 Å². The molecule has 27 heavy (non-hydrogen) atoms. The second-order valence-corrected chi connectivity index (χ2v) is 7.32. The molecule has 2 aromatic rings. The second-order valence-electron chi connectivity index (χ2n) is 7.32. The van der Waals surface area contributed by atoms with E-state index in [0.29, 0.717) is 11.5 Å². The third-order valence-corrected chi connectivity index (χ3v) is 5.29. The molecule has 3 rings (SSSR count). The lowest BCUT2D eigenvalue weighted by Crippen LogP contribution is -2.38. The molecule has 1 fully saturated rings. The molecule has 1 aromatic carbocycles. The van der Waals surface area contributed by atoms with Crippen molar-refractivity contribution >= 4 is 17.5 Å². The van der Waals surface area contributed by atoms with Gasteiger partial charge in [-0.25, -0.2) is 0 Å². The quantitative estimate of drug-likeness (QED) is 0.888. The van der Waals surface area contributed by atoms with Gasteiger partial charge in [0.25, 0.3) is 11.8 Å². The molecule has 0 unspecified atom stereocenters. The van der Waals surface area contributed by atoms with Crippen LogP contribution in [0.2, 0.25) is 0 Å². The molecule has 0 bridgehead atoms. The molecule has 0 aliphatic carbocycles. The highest BCUT2D eigenvalue weighted by Gasteiger charge is 2.22. The number of aryl methyl sites for hydroxylation is 2. The van der Waals surface area contributed by atoms with Gasteiger partial charge in [0.2, 0.25) is 0 Å². The summed E-state index contributed by atoms with van der Waals surface area (Å²) in [5.74, 6) is 0.346. The first-order valence-corrected chi connectivity index (χ1v) is 9.64. The van der Waals surface area contributed by atoms with Gasteiger partial charge in [0.05, 0.1) is 0 Å². The summed E-state index contributed by atoms with van der Waals surface area (Å²) in [6.07, 6.45) is 4.42. The van der Waals surface area contributed by atoms with Crippen LogP contribution in [-0.2, 0) is 6.42 Å². The molecule has 0 spiro atoms. The number of hydrogen-bond donors (Lipinski definition) is 1. The SMILES string of the molecule is CCc1cccc(C)c1NC(=O)c1cc(C(=O)N2CCC(C)CC2)ccn1. The molecule has 0 saturated carbocycles. The molecule has 1 aliphatic rings. The smallest absolute Gasteiger partial charge is 0.274 e. The van der Waals surface area contributed by atoms with Crippen molar-refractivity contribution < 1.29 is 9.59 Å². The predicted octanol–water partition coefficient (Wildman–Crippen LogP) is 4.08. The first-order valence-electron chi connectivity index (χ1n) is 9.64. The number of para-hydroxylation sites is 1. The first-order chi connectivity index (χ1) is 13.0. The number of carbonyl (C=O) groups is 2. The maximum Gasteiger partial charge on any atom is 0.274 e. The average molecular weight is 365 g/mol. The number of aromatic nitrogens is 1. The van der Waals surface area contributed by atoms with Crippen molar-refractivity contribution in [1.29, 1.82) is 0 Å². The van der Waals surface area contributed by atoms with Gasteiger partial charge >= 0.3 is 0 Å². The summed E-state index contributed by atoms with van der Waals surface area (Å²) in [5.41, 5.74) is 3.70. The zero-order valence-corrected chi connectivity index (χ0v) is 16.3. The minimum Gasteiger partial charge on any atom is -0.339 e. The molecule has 1 aliphatic heterocycles. The molecule has 0 radical (unpaired) electrons. The number of carbonyl (C=O) groups excluding carboxylic acids is 2. The van der Waals surface area contributed by atoms with Crippen molar-refractivity contribution in [3.63, 3.8) is 0 Å². The van der Waals surface area contributed by atoms with Gasteiger partial charge in [-0.1, -0.05) is 32.0 Å². The van der Waals surface area contributed by atoms with Crippen molar-refractivity contribution in [2.75, 3.05) is 18.4 Å². The Kier molecular flexibility index (Phi) is 5.89. The number of benzene rings is 1. The topological polar surface area (TPSA) is 62.3 Å². The molecular weight excluding hydrogens is 338 g/mol. The first kappa shape index (κ1) is 19.1. The van der Waals surface area contributed by atoms with Gasteiger partial charge in [-0.15, -0.1) is 0 Å². The fourth-order valence-electron chi connectivity index (χ4n) is 3.46. The summed E-state index contributed by atoms with van der Waals surface area (Å²) in [6.45, 7) is 7.79. The standard InChI is InChI=1S/C22H27N3O2/c1-4-17-7-5-6-16(3)20(17)24-21(26)19-14-18(8-11-23-19)22(27)25-12-9-15(2)10-13-25/h5-8,11,14-15H,4,9-10,12-13H2,1-3H3,(H,24,26). The number of hydrogen-bond acceptors (Lipinski definition) is 3. The lowest BCUT2D eigenvalue weighted by molar-refractivity contribution is 0.0697. The zero-order chi connectivity index (χ0) is 19.4. The van der Waals surface area contributed by atoms with Gasteiger partial charge in [-0.05, 0) is 55.4 Å². The van der Waals surface area contributed by atoms with Crippen LogP contribution in [0.15, 0.2) is 36.5 Å². The number of likely N-dealkylation sites (tertiary alicyclic amines) is 1. The number of nitrogens with zero attached hydrogens (tertiary/aromatic N) is 2. The van der Waals surface area contributed by atoms with Crippen LogP contribution in [0.3, 0.4) is 0 Å². The minimum atomic E-state index is -0.291. The van der Waals surface area contributed by atoms with E-state index >= 15 is 0 Å². The van der Waals surface area contributed by atoms with Crippen molar-refractivity contribution in [1.82, 2.24) is 9.88 Å². The molecule has 0 atom stereocenters. The van der Waals surface area contributed by atoms with Gasteiger partial charge in [0.15, 0.2) is 0 Å². The number of amides is 2. The monoisotopic (exact) mass is 365 g/mol. The van der Waals surface area contributed by atoms with E-state index in [2.05, 4.69) is 24.1 Å². The highest BCUT2D eigenvalue weighted by atomic mass is 16.2. The molecule has 2 amide bonds. The van der Waals surface area contributed by atoms with E-state index in [1.807, 2.05) is 30.0 Å². The van der Waals surface area contributed by atoms with E-state index in [-0.39, 0.29) is 17.5 Å². The molecule has 5 heteroatoms. The van der Waals surface area contributed by atoms with E-state index in [0.717, 1.165) is 49.2 Å². The largest absolute Gasteiger partial charge is 0.339 e. The maximum absolute atomic E-state index is 12.8. The summed E-state index contributed by atoms with van der Waals surface area (Å²) < 4.78 is 0. The Balaban J connectivity index is 1.77. The van der Waals surface area contributed by atoms with Crippen LogP contribution >= 0.6 is 0 Å². The third-order valence-electron chi connectivity index (χ3n) is 5.29. The van der Waals surface area contributed by atoms with Crippen molar-refractivity contribution in [3.05, 3.63) is 58.9 Å². The third kappa shape index (κ3) is 4.35. The summed E-state index contributed by atoms with van der Waals surface area (Å²) in [7, 11) is 0. The summed E-state index contributed by atoms with van der Waals surface area (Å²) in [4.78, 5) is 31.5. The normalized spacial score (nSPS) is 14.9. The van der Waals surface area contributed by atoms with Crippen molar-refractivity contribution in [2.24, 2.45) is 5.92 Å². The molecule has 1 N–H and O–H groups in total. The van der Waals surface area contributed by atoms with E-state index in [1.165, 1.54) is 6.20 Å². The molecule has 5 nitrogen and oxygen atoms in total. The van der Waals surface area contributed by atoms with Crippen LogP contribution in [0.25, 0.3) is 0 Å². The molecule has 2 heterocycles. The molecule has 1 aromatic heterocycles. The lowest BCUT2D eigenvalue weighted by Gasteiger charge is -2.30. The summed E-state index contributed by atoms with van der Waals surface area (Å²) >= 11 is 0. The number of anilines is 1. The fraction of sp³-hybridized carbons (Fsp3) is 0.409. The van der Waals surface area contributed by atoms with Crippen molar-refractivity contribution in [2.45, 2.75) is 40.0 Å². The summed E-state index contributed by atoms with van der Waals surface area (Å²) in [5, 5.41) is 2.97. The molecule has 1 saturated heterocycles. The Morgan fingerprint density at radius 1 is 1.22 bits per heavy atom. The van der Waals surface area contributed by atoms with Gasteiger partial charge < -0.3 is 10.2 Å². The van der Waals surface area contributed by atoms with Gasteiger partial charge in [0.1, 0.15) is 5.69 Å². The highest BCUT2D eigenvalue weighted by Crippen LogP contribution is 2.22. The van der Waals surface area contributed by atoms with Crippen LogP contribution in [0.1, 0.15) is 58.7 Å². The predicted molar refractivity (Wildman–Crippen MR) is 107 cm³/mol. The van der Waals surface area contributed by atoms with Crippen LogP contribution in [0.4, 0.5) is 5.69 Å². The Morgan fingerprint density at radius 3 is 2.67 bits per heavy atom. The van der Waals surface area contributed by atoms with Crippen LogP contribution < -0.4 is 5.32 Å². The Labute approximate surface area is 160 Å². The Morgan fingerprint density at radius 2 is 1.96 bits per heavy atom. The minimum absolute atomic E-state index is 0.0245. The number of piperidine rings is 1. The number of rotatable bonds is 4. The van der Waals surface area contributed by atoms with E-state index in [4.69, 9.17) is 0 Å². The molecular formula is C22H27N3O2. The Bertz CT molecular complexity index is 839. The van der Waals surface area contributed by atoms with Crippen LogP contribution in [-0.4, -0.2) is 34.8 Å². The average Bonchev–Trinajstić information content (AvgIpc) is 2.69. The number of nitrogens with one attached hydrogen (secondary N) is 1. The van der Waals surface area contributed by atoms with Gasteiger partial charge in [-0.3, -0.25) is 14.6 Å². The van der Waals surface area contributed by atoms with Crippen molar-refractivity contribution in [3.8, 4) is 0 Å². The van der Waals surface area contributed by atoms with E-state index in [1.54, 1.807) is 12.1 Å². The summed E-state index contributed by atoms with van der Waals surface area (Å²) in [6, 6.07) is 9.25. The highest BCUT2D eigenvalue weighted by molar-refractivity contribution is 6.05. The maximum atomic E-state index is 12.8. The second kappa shape index (κ2) is 8.33.